The summed E-state index contributed by atoms with van der Waals surface area (Å²) in [6, 6.07) is 1.19. The van der Waals surface area contributed by atoms with E-state index in [0.717, 1.165) is 32.1 Å². The number of aromatic nitrogens is 1. The maximum atomic E-state index is 13.2. The van der Waals surface area contributed by atoms with Crippen LogP contribution in [-0.2, 0) is 4.74 Å². The lowest BCUT2D eigenvalue weighted by atomic mass is 10.1. The van der Waals surface area contributed by atoms with E-state index in [1.165, 1.54) is 12.5 Å². The van der Waals surface area contributed by atoms with Gasteiger partial charge < -0.3 is 15.4 Å². The molecule has 1 aromatic heterocycles. The zero-order valence-electron chi connectivity index (χ0n) is 11.6. The summed E-state index contributed by atoms with van der Waals surface area (Å²) in [6.07, 6.45) is 5.42. The molecule has 6 heteroatoms. The molecule has 1 aliphatic rings. The van der Waals surface area contributed by atoms with Crippen molar-refractivity contribution in [2.75, 3.05) is 25.5 Å². The van der Waals surface area contributed by atoms with E-state index in [-0.39, 0.29) is 17.6 Å². The molecule has 0 saturated carbocycles. The second kappa shape index (κ2) is 7.19. The topological polar surface area (TPSA) is 63.2 Å². The monoisotopic (exact) mass is 281 g/mol. The third-order valence-corrected chi connectivity index (χ3v) is 3.36. The molecular weight excluding hydrogens is 261 g/mol. The quantitative estimate of drug-likeness (QED) is 0.866. The number of halogens is 1. The van der Waals surface area contributed by atoms with Crippen molar-refractivity contribution in [1.82, 2.24) is 10.3 Å². The minimum atomic E-state index is -0.523. The van der Waals surface area contributed by atoms with E-state index < -0.39 is 5.82 Å². The number of hydrogen-bond acceptors (Lipinski definition) is 4. The number of nitrogens with zero attached hydrogens (tertiary/aromatic N) is 1. The molecule has 1 amide bonds. The second-order valence-corrected chi connectivity index (χ2v) is 4.83. The third kappa shape index (κ3) is 3.90. The molecule has 1 aliphatic heterocycles. The molecule has 5 nitrogen and oxygen atoms in total. The summed E-state index contributed by atoms with van der Waals surface area (Å²) in [5.41, 5.74) is 0.220. The largest absolute Gasteiger partial charge is 0.378 e. The average Bonchev–Trinajstić information content (AvgIpc) is 2.48. The molecule has 0 aromatic carbocycles. The van der Waals surface area contributed by atoms with E-state index in [0.29, 0.717) is 12.4 Å². The van der Waals surface area contributed by atoms with Gasteiger partial charge in [0.15, 0.2) is 0 Å². The fraction of sp³-hybridized carbons (Fsp3) is 0.571. The summed E-state index contributed by atoms with van der Waals surface area (Å²) in [5.74, 6) is -0.472. The third-order valence-electron chi connectivity index (χ3n) is 3.36. The molecule has 1 atom stereocenters. The van der Waals surface area contributed by atoms with Gasteiger partial charge in [0.1, 0.15) is 11.6 Å². The molecule has 1 saturated heterocycles. The van der Waals surface area contributed by atoms with E-state index in [4.69, 9.17) is 4.74 Å². The molecular formula is C14H20FN3O2. The van der Waals surface area contributed by atoms with Crippen LogP contribution in [0.1, 0.15) is 36.0 Å². The summed E-state index contributed by atoms with van der Waals surface area (Å²) in [6.45, 7) is 1.32. The Morgan fingerprint density at radius 2 is 2.40 bits per heavy atom. The second-order valence-electron chi connectivity index (χ2n) is 4.83. The van der Waals surface area contributed by atoms with Gasteiger partial charge >= 0.3 is 0 Å². The Morgan fingerprint density at radius 3 is 3.10 bits per heavy atom. The minimum Gasteiger partial charge on any atom is -0.378 e. The first-order valence-electron chi connectivity index (χ1n) is 6.94. The number of hydrogen-bond donors (Lipinski definition) is 2. The first-order chi connectivity index (χ1) is 9.70. The Balaban J connectivity index is 1.86. The molecule has 0 spiro atoms. The molecule has 0 radical (unpaired) electrons. The van der Waals surface area contributed by atoms with Crippen LogP contribution in [0.15, 0.2) is 12.3 Å². The predicted molar refractivity (Wildman–Crippen MR) is 74.3 cm³/mol. The molecule has 2 N–H and O–H groups in total. The van der Waals surface area contributed by atoms with Crippen LogP contribution >= 0.6 is 0 Å². The first-order valence-corrected chi connectivity index (χ1v) is 6.94. The number of carbonyl (C=O) groups is 1. The number of pyridine rings is 1. The lowest BCUT2D eigenvalue weighted by Gasteiger charge is -2.22. The molecule has 2 heterocycles. The molecule has 2 rings (SSSR count). The van der Waals surface area contributed by atoms with Gasteiger partial charge in [0.2, 0.25) is 0 Å². The van der Waals surface area contributed by atoms with Crippen LogP contribution in [0, 0.1) is 5.82 Å². The lowest BCUT2D eigenvalue weighted by Crippen LogP contribution is -2.30. The molecule has 1 unspecified atom stereocenters. The van der Waals surface area contributed by atoms with Crippen molar-refractivity contribution in [2.45, 2.75) is 31.8 Å². The van der Waals surface area contributed by atoms with Crippen LogP contribution in [0.5, 0.6) is 0 Å². The van der Waals surface area contributed by atoms with Crippen LogP contribution in [-0.4, -0.2) is 37.2 Å². The summed E-state index contributed by atoms with van der Waals surface area (Å²) in [7, 11) is 1.65. The molecule has 0 aliphatic carbocycles. The Labute approximate surface area is 117 Å². The number of carbonyl (C=O) groups excluding carboxylic acids is 1. The van der Waals surface area contributed by atoms with Gasteiger partial charge in [0, 0.05) is 20.2 Å². The molecule has 0 bridgehead atoms. The Bertz CT molecular complexity index is 462. The Morgan fingerprint density at radius 1 is 1.55 bits per heavy atom. The van der Waals surface area contributed by atoms with E-state index >= 15 is 0 Å². The average molecular weight is 281 g/mol. The zero-order valence-corrected chi connectivity index (χ0v) is 11.6. The van der Waals surface area contributed by atoms with E-state index in [2.05, 4.69) is 15.6 Å². The van der Waals surface area contributed by atoms with Crippen molar-refractivity contribution in [2.24, 2.45) is 0 Å². The van der Waals surface area contributed by atoms with Gasteiger partial charge in [-0.2, -0.15) is 0 Å². The maximum absolute atomic E-state index is 13.2. The van der Waals surface area contributed by atoms with Crippen molar-refractivity contribution in [3.05, 3.63) is 23.6 Å². The Hall–Kier alpha value is -1.69. The van der Waals surface area contributed by atoms with Gasteiger partial charge in [-0.05, 0) is 31.7 Å². The van der Waals surface area contributed by atoms with Crippen LogP contribution in [0.2, 0.25) is 0 Å². The molecule has 1 fully saturated rings. The Kier molecular flexibility index (Phi) is 5.29. The van der Waals surface area contributed by atoms with Gasteiger partial charge in [-0.1, -0.05) is 0 Å². The van der Waals surface area contributed by atoms with Crippen LogP contribution in [0.3, 0.4) is 0 Å². The summed E-state index contributed by atoms with van der Waals surface area (Å²) in [5, 5.41) is 5.56. The lowest BCUT2D eigenvalue weighted by molar-refractivity contribution is 0.0117. The van der Waals surface area contributed by atoms with Crippen LogP contribution < -0.4 is 10.6 Å². The van der Waals surface area contributed by atoms with Gasteiger partial charge in [-0.25, -0.2) is 9.37 Å². The predicted octanol–water partition coefficient (Wildman–Crippen LogP) is 1.95. The minimum absolute atomic E-state index is 0.220. The zero-order chi connectivity index (χ0) is 14.4. The van der Waals surface area contributed by atoms with Crippen molar-refractivity contribution in [1.29, 1.82) is 0 Å². The van der Waals surface area contributed by atoms with Gasteiger partial charge in [-0.15, -0.1) is 0 Å². The van der Waals surface area contributed by atoms with Crippen LogP contribution in [0.4, 0.5) is 10.2 Å². The SMILES string of the molecule is CNc1ncc(F)cc1C(=O)NCCC1CCCCO1. The number of nitrogens with one attached hydrogen (secondary N) is 2. The summed E-state index contributed by atoms with van der Waals surface area (Å²) < 4.78 is 18.8. The number of anilines is 1. The van der Waals surface area contributed by atoms with E-state index in [1.807, 2.05) is 0 Å². The van der Waals surface area contributed by atoms with Gasteiger partial charge in [0.25, 0.3) is 5.91 Å². The number of ether oxygens (including phenoxy) is 1. The fourth-order valence-electron chi connectivity index (χ4n) is 2.29. The highest BCUT2D eigenvalue weighted by atomic mass is 19.1. The van der Waals surface area contributed by atoms with Gasteiger partial charge in [-0.3, -0.25) is 4.79 Å². The smallest absolute Gasteiger partial charge is 0.255 e. The van der Waals surface area contributed by atoms with Gasteiger partial charge in [0.05, 0.1) is 17.9 Å². The number of rotatable bonds is 5. The standard InChI is InChI=1S/C14H20FN3O2/c1-16-13-12(8-10(15)9-18-13)14(19)17-6-5-11-4-2-3-7-20-11/h8-9,11H,2-7H2,1H3,(H,16,18)(H,17,19). The van der Waals surface area contributed by atoms with E-state index in [1.54, 1.807) is 7.05 Å². The highest BCUT2D eigenvalue weighted by Crippen LogP contribution is 2.16. The van der Waals surface area contributed by atoms with Crippen molar-refractivity contribution in [3.63, 3.8) is 0 Å². The molecule has 20 heavy (non-hydrogen) atoms. The van der Waals surface area contributed by atoms with E-state index in [9.17, 15) is 9.18 Å². The normalized spacial score (nSPS) is 18.6. The maximum Gasteiger partial charge on any atom is 0.255 e. The van der Waals surface area contributed by atoms with Crippen molar-refractivity contribution >= 4 is 11.7 Å². The summed E-state index contributed by atoms with van der Waals surface area (Å²) in [4.78, 5) is 15.9. The summed E-state index contributed by atoms with van der Waals surface area (Å²) >= 11 is 0. The fourth-order valence-corrected chi connectivity index (χ4v) is 2.29. The highest BCUT2D eigenvalue weighted by molar-refractivity contribution is 5.98. The van der Waals surface area contributed by atoms with Crippen LogP contribution in [0.25, 0.3) is 0 Å². The van der Waals surface area contributed by atoms with Crippen molar-refractivity contribution in [3.8, 4) is 0 Å². The molecule has 110 valence electrons. The molecule has 1 aromatic rings. The highest BCUT2D eigenvalue weighted by Gasteiger charge is 2.16. The van der Waals surface area contributed by atoms with Crippen molar-refractivity contribution < 1.29 is 13.9 Å². The number of amides is 1. The first kappa shape index (κ1) is 14.7.